The molecule has 1 N–H and O–H groups in total. The van der Waals surface area contributed by atoms with Gasteiger partial charge >= 0.3 is 17.8 Å². The first kappa shape index (κ1) is 12.0. The maximum atomic E-state index is 12.3. The second-order valence-corrected chi connectivity index (χ2v) is 1.93. The van der Waals surface area contributed by atoms with Crippen LogP contribution in [0.4, 0.5) is 30.8 Å². The summed E-state index contributed by atoms with van der Waals surface area (Å²) >= 11 is 0. The van der Waals surface area contributed by atoms with E-state index in [1.165, 1.54) is 0 Å². The van der Waals surface area contributed by atoms with Crippen molar-refractivity contribution in [1.29, 1.82) is 0 Å². The number of rotatable bonds is 2. The van der Waals surface area contributed by atoms with E-state index in [4.69, 9.17) is 0 Å². The normalized spacial score (nSPS) is 16.9. The zero-order valence-electron chi connectivity index (χ0n) is 5.63. The van der Waals surface area contributed by atoms with E-state index >= 15 is 0 Å². The summed E-state index contributed by atoms with van der Waals surface area (Å²) in [5.74, 6) is -3.07. The van der Waals surface area contributed by atoms with Gasteiger partial charge in [-0.1, -0.05) is 0 Å². The first-order chi connectivity index (χ1) is 5.67. The average Bonchev–Trinajstić information content (AvgIpc) is 1.98. The highest BCUT2D eigenvalue weighted by atomic mass is 19.4. The first-order valence-corrected chi connectivity index (χ1v) is 2.62. The van der Waals surface area contributed by atoms with Crippen molar-refractivity contribution in [3.8, 4) is 0 Å². The van der Waals surface area contributed by atoms with Gasteiger partial charge < -0.3 is 0 Å². The van der Waals surface area contributed by atoms with Gasteiger partial charge in [0.15, 0.2) is 0 Å². The average molecular weight is 213 g/mol. The van der Waals surface area contributed by atoms with Crippen LogP contribution in [0.2, 0.25) is 0 Å². The standard InChI is InChI=1S/C4H2F7NO/c5-1(6)3(7,2(13)12-11)4(8,9)10/h1H,(H,12,13). The van der Waals surface area contributed by atoms with Crippen molar-refractivity contribution >= 4 is 5.91 Å². The van der Waals surface area contributed by atoms with Crippen molar-refractivity contribution in [1.82, 2.24) is 5.54 Å². The van der Waals surface area contributed by atoms with Gasteiger partial charge in [0.1, 0.15) is 0 Å². The lowest BCUT2D eigenvalue weighted by Gasteiger charge is -2.23. The second-order valence-electron chi connectivity index (χ2n) is 1.93. The van der Waals surface area contributed by atoms with Crippen LogP contribution in [0.25, 0.3) is 0 Å². The van der Waals surface area contributed by atoms with Crippen molar-refractivity contribution in [2.75, 3.05) is 0 Å². The van der Waals surface area contributed by atoms with Crippen LogP contribution in [0, 0.1) is 0 Å². The molecule has 1 unspecified atom stereocenters. The van der Waals surface area contributed by atoms with Crippen LogP contribution in [0.3, 0.4) is 0 Å². The van der Waals surface area contributed by atoms with Gasteiger partial charge in [0.25, 0.3) is 6.43 Å². The van der Waals surface area contributed by atoms with Crippen LogP contribution in [-0.4, -0.2) is 24.2 Å². The highest BCUT2D eigenvalue weighted by Crippen LogP contribution is 2.39. The molecule has 0 fully saturated rings. The van der Waals surface area contributed by atoms with E-state index in [2.05, 4.69) is 0 Å². The number of carbonyl (C=O) groups is 1. The minimum Gasteiger partial charge on any atom is -0.268 e. The van der Waals surface area contributed by atoms with Gasteiger partial charge in [-0.3, -0.25) is 4.79 Å². The maximum absolute atomic E-state index is 12.3. The molecule has 0 radical (unpaired) electrons. The molecule has 0 aromatic heterocycles. The summed E-state index contributed by atoms with van der Waals surface area (Å²) in [5.41, 5.74) is -5.83. The molecular weight excluding hydrogens is 211 g/mol. The SMILES string of the molecule is O=C(NF)C(F)(C(F)F)C(F)(F)F. The van der Waals surface area contributed by atoms with E-state index in [-0.39, 0.29) is 5.54 Å². The van der Waals surface area contributed by atoms with Crippen LogP contribution >= 0.6 is 0 Å². The van der Waals surface area contributed by atoms with E-state index in [1.807, 2.05) is 0 Å². The Morgan fingerprint density at radius 1 is 1.15 bits per heavy atom. The molecule has 1 amide bonds. The minimum absolute atomic E-state index is 0.320. The van der Waals surface area contributed by atoms with Crippen molar-refractivity contribution in [2.24, 2.45) is 0 Å². The van der Waals surface area contributed by atoms with Gasteiger partial charge in [-0.15, -0.1) is 4.48 Å². The molecule has 0 rings (SSSR count). The summed E-state index contributed by atoms with van der Waals surface area (Å²) in [6, 6.07) is 0. The molecular formula is C4H2F7NO. The van der Waals surface area contributed by atoms with Crippen LogP contribution in [0.1, 0.15) is 0 Å². The molecule has 0 aromatic carbocycles. The van der Waals surface area contributed by atoms with Gasteiger partial charge in [-0.2, -0.15) is 18.7 Å². The zero-order valence-corrected chi connectivity index (χ0v) is 5.63. The Labute approximate surface area is 66.6 Å². The monoisotopic (exact) mass is 213 g/mol. The number of halogens is 7. The molecule has 9 heteroatoms. The largest absolute Gasteiger partial charge is 0.437 e. The Hall–Kier alpha value is -1.02. The van der Waals surface area contributed by atoms with Crippen molar-refractivity contribution in [3.05, 3.63) is 0 Å². The fraction of sp³-hybridized carbons (Fsp3) is 0.750. The van der Waals surface area contributed by atoms with Crippen molar-refractivity contribution in [3.63, 3.8) is 0 Å². The Balaban J connectivity index is 5.08. The van der Waals surface area contributed by atoms with E-state index in [1.54, 1.807) is 0 Å². The lowest BCUT2D eigenvalue weighted by Crippen LogP contribution is -2.57. The summed E-state index contributed by atoms with van der Waals surface area (Å²) in [6.07, 6.45) is -10.9. The number of alkyl halides is 6. The smallest absolute Gasteiger partial charge is 0.268 e. The molecule has 0 heterocycles. The summed E-state index contributed by atoms with van der Waals surface area (Å²) in [6.45, 7) is 0. The molecule has 0 aromatic rings. The fourth-order valence-electron chi connectivity index (χ4n) is 0.420. The Kier molecular flexibility index (Phi) is 3.12. The predicted octanol–water partition coefficient (Wildman–Crippen LogP) is 1.52. The third-order valence-corrected chi connectivity index (χ3v) is 1.13. The molecule has 0 aliphatic heterocycles. The van der Waals surface area contributed by atoms with Crippen LogP contribution in [0.5, 0.6) is 0 Å². The molecule has 13 heavy (non-hydrogen) atoms. The molecule has 0 saturated carbocycles. The fourth-order valence-corrected chi connectivity index (χ4v) is 0.420. The topological polar surface area (TPSA) is 29.1 Å². The maximum Gasteiger partial charge on any atom is 0.437 e. The quantitative estimate of drug-likeness (QED) is 0.546. The van der Waals surface area contributed by atoms with E-state index < -0.39 is 24.2 Å². The summed E-state index contributed by atoms with van der Waals surface area (Å²) in [7, 11) is 0. The number of nitrogens with one attached hydrogen (secondary N) is 1. The van der Waals surface area contributed by atoms with Crippen LogP contribution in [-0.2, 0) is 4.79 Å². The molecule has 1 atom stereocenters. The molecule has 2 nitrogen and oxygen atoms in total. The summed E-state index contributed by atoms with van der Waals surface area (Å²) < 4.78 is 80.9. The third kappa shape index (κ3) is 1.83. The highest BCUT2D eigenvalue weighted by Gasteiger charge is 2.68. The van der Waals surface area contributed by atoms with Gasteiger partial charge in [-0.05, 0) is 0 Å². The number of carbonyl (C=O) groups excluding carboxylic acids is 1. The lowest BCUT2D eigenvalue weighted by molar-refractivity contribution is -0.259. The van der Waals surface area contributed by atoms with E-state index in [9.17, 15) is 35.6 Å². The highest BCUT2D eigenvalue weighted by molar-refractivity contribution is 5.85. The van der Waals surface area contributed by atoms with Gasteiger partial charge in [-0.25, -0.2) is 13.2 Å². The zero-order chi connectivity index (χ0) is 10.9. The second kappa shape index (κ2) is 3.38. The Morgan fingerprint density at radius 2 is 1.54 bits per heavy atom. The molecule has 0 saturated heterocycles. The third-order valence-electron chi connectivity index (χ3n) is 1.13. The molecule has 0 aliphatic rings. The summed E-state index contributed by atoms with van der Waals surface area (Å²) in [5, 5.41) is 0. The minimum atomic E-state index is -6.17. The summed E-state index contributed by atoms with van der Waals surface area (Å²) in [4.78, 5) is 9.86. The van der Waals surface area contributed by atoms with Crippen molar-refractivity contribution in [2.45, 2.75) is 18.3 Å². The number of amides is 1. The van der Waals surface area contributed by atoms with Crippen LogP contribution < -0.4 is 5.54 Å². The van der Waals surface area contributed by atoms with Crippen molar-refractivity contribution < 1.29 is 35.6 Å². The number of hydrogen-bond acceptors (Lipinski definition) is 1. The number of hydrogen-bond donors (Lipinski definition) is 1. The predicted molar refractivity (Wildman–Crippen MR) is 25.1 cm³/mol. The van der Waals surface area contributed by atoms with E-state index in [0.29, 0.717) is 0 Å². The Bertz CT molecular complexity index is 201. The molecule has 0 aliphatic carbocycles. The van der Waals surface area contributed by atoms with Gasteiger partial charge in [0.2, 0.25) is 0 Å². The molecule has 0 bridgehead atoms. The Morgan fingerprint density at radius 3 is 1.62 bits per heavy atom. The van der Waals surface area contributed by atoms with Gasteiger partial charge in [0, 0.05) is 0 Å². The van der Waals surface area contributed by atoms with E-state index in [0.717, 1.165) is 0 Å². The van der Waals surface area contributed by atoms with Crippen LogP contribution in [0.15, 0.2) is 0 Å². The molecule has 78 valence electrons. The molecule has 0 spiro atoms. The first-order valence-electron chi connectivity index (χ1n) is 2.62. The lowest BCUT2D eigenvalue weighted by atomic mass is 10.1. The van der Waals surface area contributed by atoms with Gasteiger partial charge in [0.05, 0.1) is 0 Å².